The van der Waals surface area contributed by atoms with Crippen LogP contribution in [0, 0.1) is 0 Å². The molecule has 0 aliphatic carbocycles. The van der Waals surface area contributed by atoms with Gasteiger partial charge in [-0.15, -0.1) is 0 Å². The van der Waals surface area contributed by atoms with E-state index in [0.717, 1.165) is 95.0 Å². The Morgan fingerprint density at radius 3 is 1.31 bits per heavy atom. The molecule has 0 spiro atoms. The van der Waals surface area contributed by atoms with E-state index in [1.807, 2.05) is 97.1 Å². The van der Waals surface area contributed by atoms with E-state index in [-0.39, 0.29) is 23.5 Å². The smallest absolute Gasteiger partial charge is 0.339 e. The number of allylic oxidation sites excluding steroid dienone is 3. The van der Waals surface area contributed by atoms with Crippen molar-refractivity contribution in [1.82, 2.24) is 0 Å². The Labute approximate surface area is 360 Å². The highest BCUT2D eigenvalue weighted by Gasteiger charge is 2.33. The summed E-state index contributed by atoms with van der Waals surface area (Å²) in [4.78, 5) is 42.7. The minimum absolute atomic E-state index is 0.125. The Kier molecular flexibility index (Phi) is 14.9. The lowest BCUT2D eigenvalue weighted by Gasteiger charge is -2.43. The van der Waals surface area contributed by atoms with E-state index in [0.29, 0.717) is 24.2 Å². The topological polar surface area (TPSA) is 96.4 Å². The van der Waals surface area contributed by atoms with Gasteiger partial charge in [0.2, 0.25) is 0 Å². The molecule has 0 aromatic heterocycles. The number of hydrogen-bond acceptors (Lipinski definition) is 8. The Hall–Kier alpha value is -6.49. The maximum atomic E-state index is 12.7. The first-order valence-corrected chi connectivity index (χ1v) is 20.8. The van der Waals surface area contributed by atoms with Crippen molar-refractivity contribution in [3.8, 4) is 0 Å². The van der Waals surface area contributed by atoms with Gasteiger partial charge in [0.25, 0.3) is 0 Å². The van der Waals surface area contributed by atoms with Gasteiger partial charge in [0.05, 0.1) is 91.8 Å². The molecule has 2 aliphatic heterocycles. The number of piperazine rings is 2. The van der Waals surface area contributed by atoms with E-state index in [9.17, 15) is 19.5 Å². The molecule has 316 valence electrons. The van der Waals surface area contributed by atoms with Crippen molar-refractivity contribution in [2.24, 2.45) is 0 Å². The van der Waals surface area contributed by atoms with E-state index in [1.54, 1.807) is 12.2 Å². The molecular formula is C51H58N4O6+2. The zero-order valence-corrected chi connectivity index (χ0v) is 35.8. The van der Waals surface area contributed by atoms with Gasteiger partial charge in [-0.05, 0) is 70.8 Å². The van der Waals surface area contributed by atoms with Gasteiger partial charge in [-0.2, -0.15) is 0 Å². The van der Waals surface area contributed by atoms with Crippen LogP contribution in [0.15, 0.2) is 144 Å². The number of benzene rings is 4. The lowest BCUT2D eigenvalue weighted by Crippen LogP contribution is -2.58. The third-order valence-corrected chi connectivity index (χ3v) is 11.6. The molecule has 61 heavy (non-hydrogen) atoms. The number of esters is 2. The summed E-state index contributed by atoms with van der Waals surface area (Å²) in [7, 11) is 7.24. The van der Waals surface area contributed by atoms with Crippen LogP contribution in [0.4, 0.5) is 11.4 Å². The van der Waals surface area contributed by atoms with Crippen molar-refractivity contribution >= 4 is 53.4 Å². The van der Waals surface area contributed by atoms with Crippen LogP contribution in [0.2, 0.25) is 0 Å². The number of rotatable bonds is 15. The summed E-state index contributed by atoms with van der Waals surface area (Å²) in [5.74, 6) is -1.03. The lowest BCUT2D eigenvalue weighted by molar-refractivity contribution is -0.905. The molecule has 6 rings (SSSR count). The maximum absolute atomic E-state index is 12.7. The molecule has 4 aromatic carbocycles. The molecule has 0 bridgehead atoms. The van der Waals surface area contributed by atoms with Gasteiger partial charge in [-0.25, -0.2) is 9.59 Å². The van der Waals surface area contributed by atoms with Gasteiger partial charge >= 0.3 is 11.9 Å². The van der Waals surface area contributed by atoms with Crippen molar-refractivity contribution in [3.05, 3.63) is 167 Å². The van der Waals surface area contributed by atoms with Crippen LogP contribution in [0.3, 0.4) is 0 Å². The molecule has 0 saturated carbocycles. The quantitative estimate of drug-likeness (QED) is 0.0434. The van der Waals surface area contributed by atoms with Gasteiger partial charge in [0.15, 0.2) is 5.78 Å². The minimum atomic E-state index is -0.313. The van der Waals surface area contributed by atoms with Gasteiger partial charge in [0.1, 0.15) is 18.8 Å². The predicted octanol–water partition coefficient (Wildman–Crippen LogP) is 7.47. The Morgan fingerprint density at radius 2 is 0.934 bits per heavy atom. The fourth-order valence-corrected chi connectivity index (χ4v) is 7.85. The van der Waals surface area contributed by atoms with Gasteiger partial charge in [0, 0.05) is 17.5 Å². The summed E-state index contributed by atoms with van der Waals surface area (Å²) in [6.07, 6.45) is 11.6. The number of aliphatic hydroxyl groups is 1. The monoisotopic (exact) mass is 822 g/mol. The zero-order chi connectivity index (χ0) is 43.2. The summed E-state index contributed by atoms with van der Waals surface area (Å²) >= 11 is 0. The highest BCUT2D eigenvalue weighted by atomic mass is 16.5. The number of likely N-dealkylation sites (N-methyl/N-ethyl adjacent to an activating group) is 2. The number of aliphatic hydroxyl groups excluding tert-OH is 1. The number of nitrogens with zero attached hydrogens (tertiary/aromatic N) is 4. The van der Waals surface area contributed by atoms with Crippen molar-refractivity contribution in [2.75, 3.05) is 104 Å². The van der Waals surface area contributed by atoms with Crippen LogP contribution in [0.25, 0.3) is 24.3 Å². The number of carbonyl (C=O) groups excluding carboxylic acids is 3. The summed E-state index contributed by atoms with van der Waals surface area (Å²) in [5.41, 5.74) is 7.30. The molecule has 0 radical (unpaired) electrons. The third kappa shape index (κ3) is 12.8. The van der Waals surface area contributed by atoms with Crippen LogP contribution >= 0.6 is 0 Å². The second-order valence-corrected chi connectivity index (χ2v) is 16.4. The van der Waals surface area contributed by atoms with E-state index >= 15 is 0 Å². The van der Waals surface area contributed by atoms with Crippen LogP contribution in [-0.2, 0) is 23.9 Å². The molecule has 1 N–H and O–H groups in total. The first kappa shape index (κ1) is 44.1. The lowest BCUT2D eigenvalue weighted by atomic mass is 10.1. The molecule has 0 amide bonds. The fraction of sp³-hybridized carbons (Fsp3) is 0.275. The van der Waals surface area contributed by atoms with E-state index in [4.69, 9.17) is 9.47 Å². The van der Waals surface area contributed by atoms with E-state index < -0.39 is 0 Å². The largest absolute Gasteiger partial charge is 0.508 e. The van der Waals surface area contributed by atoms with Crippen LogP contribution < -0.4 is 9.80 Å². The highest BCUT2D eigenvalue weighted by Crippen LogP contribution is 2.24. The molecule has 2 aliphatic rings. The maximum Gasteiger partial charge on any atom is 0.339 e. The number of hydrogen-bond donors (Lipinski definition) is 1. The summed E-state index contributed by atoms with van der Waals surface area (Å²) in [6, 6.07) is 35.9. The molecule has 2 heterocycles. The van der Waals surface area contributed by atoms with Crippen molar-refractivity contribution in [3.63, 3.8) is 0 Å². The number of ether oxygens (including phenoxy) is 2. The standard InChI is InChI=1S/C51H57N4O6/c1-54(38-44(50(58)60-3)35-42-11-7-5-8-12-42)31-27-52(28-32-54)46-21-15-40(16-22-46)19-25-48(56)37-49(57)26-20-41-17-23-47(24-18-41)53-29-33-55(2,34-30-53)39-45(51(59)61-4)36-43-13-9-6-10-14-43/h5-26,35-37H,27-34,38-39H2,1-4H3/q+1/p+1/b25-19+,26-20+,44-35-,45-36-. The van der Waals surface area contributed by atoms with Gasteiger partial charge < -0.3 is 33.3 Å². The number of carbonyl (C=O) groups is 3. The fourth-order valence-electron chi connectivity index (χ4n) is 7.85. The molecule has 2 saturated heterocycles. The normalized spacial score (nSPS) is 17.1. The summed E-state index contributed by atoms with van der Waals surface area (Å²) < 4.78 is 11.7. The molecular weight excluding hydrogens is 765 g/mol. The predicted molar refractivity (Wildman–Crippen MR) is 246 cm³/mol. The second kappa shape index (κ2) is 20.7. The van der Waals surface area contributed by atoms with Crippen LogP contribution in [0.1, 0.15) is 22.3 Å². The van der Waals surface area contributed by atoms with Crippen LogP contribution in [0.5, 0.6) is 0 Å². The molecule has 10 heteroatoms. The highest BCUT2D eigenvalue weighted by molar-refractivity contribution is 6.02. The zero-order valence-electron chi connectivity index (χ0n) is 35.8. The summed E-state index contributed by atoms with van der Waals surface area (Å²) in [6.45, 7) is 8.10. The Bertz CT molecular complexity index is 2260. The van der Waals surface area contributed by atoms with Crippen LogP contribution in [-0.4, -0.2) is 126 Å². The minimum Gasteiger partial charge on any atom is -0.508 e. The molecule has 4 aromatic rings. The number of quaternary nitrogens is 2. The van der Waals surface area contributed by atoms with E-state index in [1.165, 1.54) is 32.4 Å². The van der Waals surface area contributed by atoms with E-state index in [2.05, 4.69) is 48.2 Å². The number of anilines is 2. The Morgan fingerprint density at radius 1 is 0.557 bits per heavy atom. The second-order valence-electron chi connectivity index (χ2n) is 16.4. The average Bonchev–Trinajstić information content (AvgIpc) is 3.28. The third-order valence-electron chi connectivity index (χ3n) is 11.6. The average molecular weight is 823 g/mol. The first-order chi connectivity index (χ1) is 29.4. The molecule has 0 unspecified atom stereocenters. The van der Waals surface area contributed by atoms with Gasteiger partial charge in [-0.1, -0.05) is 97.1 Å². The molecule has 0 atom stereocenters. The van der Waals surface area contributed by atoms with Crippen molar-refractivity contribution in [2.45, 2.75) is 0 Å². The molecule has 2 fully saturated rings. The molecule has 10 nitrogen and oxygen atoms in total. The summed E-state index contributed by atoms with van der Waals surface area (Å²) in [5, 5.41) is 10.5. The van der Waals surface area contributed by atoms with Gasteiger partial charge in [-0.3, -0.25) is 4.79 Å². The Balaban J connectivity index is 0.957. The van der Waals surface area contributed by atoms with Crippen molar-refractivity contribution < 1.29 is 37.9 Å². The number of ketones is 1. The number of methoxy groups -OCH3 is 2. The van der Waals surface area contributed by atoms with Crippen molar-refractivity contribution in [1.29, 1.82) is 0 Å². The first-order valence-electron chi connectivity index (χ1n) is 20.8. The SMILES string of the molecule is COC(=O)/C(=C\c1ccccc1)C[N+]1(C)CCN(c2ccc(/C=C/C(=O)/C=C(O)/C=C/c3ccc(N4CC[N+](C)(C/C(=C/c5ccccc5)C(=O)OC)CC4)cc3)cc2)CC1.